The number of nitrogens with two attached hydrogens (primary N) is 2. The molecule has 1 aromatic heterocycles. The zero-order valence-corrected chi connectivity index (χ0v) is 16.1. The van der Waals surface area contributed by atoms with Crippen molar-refractivity contribution in [1.82, 2.24) is 4.98 Å². The molecule has 1 saturated carbocycles. The van der Waals surface area contributed by atoms with Crippen molar-refractivity contribution in [3.05, 3.63) is 40.9 Å². The molecule has 6 heteroatoms. The monoisotopic (exact) mass is 383 g/mol. The Balaban J connectivity index is 1.76. The highest BCUT2D eigenvalue weighted by Gasteiger charge is 2.15. The third-order valence-electron chi connectivity index (χ3n) is 5.40. The van der Waals surface area contributed by atoms with Crippen molar-refractivity contribution in [2.75, 3.05) is 11.9 Å². The van der Waals surface area contributed by atoms with Crippen molar-refractivity contribution in [2.45, 2.75) is 44.6 Å². The number of aliphatic imine (C=N–C) groups is 1. The molecule has 0 atom stereocenters. The highest BCUT2D eigenvalue weighted by atomic mass is 35.5. The number of aromatic amines is 1. The second-order valence-electron chi connectivity index (χ2n) is 7.41. The topological polar surface area (TPSA) is 92.2 Å². The van der Waals surface area contributed by atoms with E-state index in [4.69, 9.17) is 23.1 Å². The summed E-state index contributed by atoms with van der Waals surface area (Å²) >= 11 is 6.25. The molecule has 5 nitrogen and oxygen atoms in total. The SMILES string of the molecule is NC(N)=NCCc1cc(NC2CCCCC2)cc2c1[nH]c1ccc(Cl)cc12. The van der Waals surface area contributed by atoms with E-state index in [1.807, 2.05) is 18.2 Å². The molecule has 0 unspecified atom stereocenters. The minimum atomic E-state index is 0.131. The number of benzene rings is 2. The molecule has 0 radical (unpaired) electrons. The maximum atomic E-state index is 6.25. The van der Waals surface area contributed by atoms with Crippen LogP contribution in [0.5, 0.6) is 0 Å². The van der Waals surface area contributed by atoms with Gasteiger partial charge in [-0.05, 0) is 55.2 Å². The Morgan fingerprint density at radius 3 is 2.70 bits per heavy atom. The molecule has 0 saturated heterocycles. The molecule has 1 aliphatic rings. The summed E-state index contributed by atoms with van der Waals surface area (Å²) < 4.78 is 0. The number of guanidine groups is 1. The Bertz CT molecular complexity index is 981. The van der Waals surface area contributed by atoms with E-state index in [0.717, 1.165) is 33.6 Å². The number of rotatable bonds is 5. The van der Waals surface area contributed by atoms with Gasteiger partial charge in [-0.25, -0.2) is 0 Å². The quantitative estimate of drug-likeness (QED) is 0.385. The molecule has 1 fully saturated rings. The molecule has 4 rings (SSSR count). The number of hydrogen-bond acceptors (Lipinski definition) is 2. The lowest BCUT2D eigenvalue weighted by atomic mass is 9.95. The highest BCUT2D eigenvalue weighted by Crippen LogP contribution is 2.33. The molecule has 6 N–H and O–H groups in total. The molecule has 1 aliphatic carbocycles. The van der Waals surface area contributed by atoms with Gasteiger partial charge in [-0.2, -0.15) is 0 Å². The van der Waals surface area contributed by atoms with E-state index in [1.165, 1.54) is 43.1 Å². The fraction of sp³-hybridized carbons (Fsp3) is 0.381. The lowest BCUT2D eigenvalue weighted by Gasteiger charge is -2.24. The van der Waals surface area contributed by atoms with Gasteiger partial charge >= 0.3 is 0 Å². The Morgan fingerprint density at radius 2 is 1.93 bits per heavy atom. The minimum Gasteiger partial charge on any atom is -0.382 e. The van der Waals surface area contributed by atoms with Crippen molar-refractivity contribution in [1.29, 1.82) is 0 Å². The maximum Gasteiger partial charge on any atom is 0.185 e. The van der Waals surface area contributed by atoms with Crippen molar-refractivity contribution in [3.8, 4) is 0 Å². The number of nitrogens with one attached hydrogen (secondary N) is 2. The normalized spacial score (nSPS) is 15.3. The van der Waals surface area contributed by atoms with Gasteiger partial charge in [-0.1, -0.05) is 30.9 Å². The van der Waals surface area contributed by atoms with Crippen LogP contribution in [0, 0.1) is 0 Å². The molecule has 0 spiro atoms. The van der Waals surface area contributed by atoms with E-state index in [-0.39, 0.29) is 5.96 Å². The summed E-state index contributed by atoms with van der Waals surface area (Å²) in [5.41, 5.74) is 15.6. The van der Waals surface area contributed by atoms with Crippen LogP contribution in [0.3, 0.4) is 0 Å². The van der Waals surface area contributed by atoms with E-state index in [1.54, 1.807) is 0 Å². The maximum absolute atomic E-state index is 6.25. The predicted octanol–water partition coefficient (Wildman–Crippen LogP) is 4.54. The number of hydrogen-bond donors (Lipinski definition) is 4. The Morgan fingerprint density at radius 1 is 1.11 bits per heavy atom. The van der Waals surface area contributed by atoms with E-state index in [0.29, 0.717) is 12.6 Å². The Kier molecular flexibility index (Phi) is 5.12. The Labute approximate surface area is 164 Å². The van der Waals surface area contributed by atoms with Crippen LogP contribution in [-0.4, -0.2) is 23.5 Å². The van der Waals surface area contributed by atoms with Crippen LogP contribution in [0.2, 0.25) is 5.02 Å². The summed E-state index contributed by atoms with van der Waals surface area (Å²) in [4.78, 5) is 7.70. The molecule has 27 heavy (non-hydrogen) atoms. The lowest BCUT2D eigenvalue weighted by Crippen LogP contribution is -2.23. The van der Waals surface area contributed by atoms with Gasteiger partial charge in [-0.3, -0.25) is 4.99 Å². The molecular formula is C21H26ClN5. The van der Waals surface area contributed by atoms with Gasteiger partial charge in [0.1, 0.15) is 0 Å². The van der Waals surface area contributed by atoms with Gasteiger partial charge in [0.2, 0.25) is 0 Å². The summed E-state index contributed by atoms with van der Waals surface area (Å²) in [7, 11) is 0. The summed E-state index contributed by atoms with van der Waals surface area (Å²) in [5, 5.41) is 6.83. The largest absolute Gasteiger partial charge is 0.382 e. The van der Waals surface area contributed by atoms with Crippen LogP contribution in [-0.2, 0) is 6.42 Å². The fourth-order valence-corrected chi connectivity index (χ4v) is 4.29. The minimum absolute atomic E-state index is 0.131. The van der Waals surface area contributed by atoms with Crippen molar-refractivity contribution < 1.29 is 0 Å². The van der Waals surface area contributed by atoms with Crippen LogP contribution in [0.4, 0.5) is 5.69 Å². The van der Waals surface area contributed by atoms with Crippen LogP contribution >= 0.6 is 11.6 Å². The molecule has 142 valence electrons. The van der Waals surface area contributed by atoms with E-state index >= 15 is 0 Å². The van der Waals surface area contributed by atoms with Crippen LogP contribution in [0.1, 0.15) is 37.7 Å². The zero-order valence-electron chi connectivity index (χ0n) is 15.4. The highest BCUT2D eigenvalue weighted by molar-refractivity contribution is 6.31. The lowest BCUT2D eigenvalue weighted by molar-refractivity contribution is 0.463. The summed E-state index contributed by atoms with van der Waals surface area (Å²) in [6, 6.07) is 11.0. The standard InChI is InChI=1S/C21H26ClN5/c22-14-6-7-19-17(11-14)18-12-16(26-15-4-2-1-3-5-15)10-13(20(18)27-19)8-9-25-21(23)24/h6-7,10-12,15,26-27H,1-5,8-9H2,(H4,23,24,25). The summed E-state index contributed by atoms with van der Waals surface area (Å²) in [5.74, 6) is 0.131. The smallest absolute Gasteiger partial charge is 0.185 e. The van der Waals surface area contributed by atoms with Gasteiger partial charge in [0, 0.05) is 45.1 Å². The first kappa shape index (κ1) is 18.0. The number of anilines is 1. The molecule has 0 amide bonds. The zero-order chi connectivity index (χ0) is 18.8. The van der Waals surface area contributed by atoms with Crippen LogP contribution in [0.25, 0.3) is 21.8 Å². The second kappa shape index (κ2) is 7.69. The molecule has 3 aromatic rings. The number of halogens is 1. The van der Waals surface area contributed by atoms with Gasteiger partial charge in [0.15, 0.2) is 5.96 Å². The van der Waals surface area contributed by atoms with Crippen LogP contribution in [0.15, 0.2) is 35.3 Å². The molecule has 2 aromatic carbocycles. The fourth-order valence-electron chi connectivity index (χ4n) is 4.11. The number of nitrogens with zero attached hydrogens (tertiary/aromatic N) is 1. The third kappa shape index (κ3) is 3.98. The van der Waals surface area contributed by atoms with Crippen molar-refractivity contribution in [2.24, 2.45) is 16.5 Å². The number of fused-ring (bicyclic) bond motifs is 3. The van der Waals surface area contributed by atoms with Crippen molar-refractivity contribution in [3.63, 3.8) is 0 Å². The molecule has 0 bridgehead atoms. The average molecular weight is 384 g/mol. The predicted molar refractivity (Wildman–Crippen MR) is 116 cm³/mol. The second-order valence-corrected chi connectivity index (χ2v) is 7.85. The first-order valence-electron chi connectivity index (χ1n) is 9.66. The summed E-state index contributed by atoms with van der Waals surface area (Å²) in [6.07, 6.45) is 7.21. The average Bonchev–Trinajstić information content (AvgIpc) is 3.00. The van der Waals surface area contributed by atoms with Gasteiger partial charge in [0.25, 0.3) is 0 Å². The van der Waals surface area contributed by atoms with Gasteiger partial charge < -0.3 is 21.8 Å². The number of aromatic nitrogens is 1. The summed E-state index contributed by atoms with van der Waals surface area (Å²) in [6.45, 7) is 0.570. The molecule has 1 heterocycles. The van der Waals surface area contributed by atoms with Crippen molar-refractivity contribution >= 4 is 45.1 Å². The third-order valence-corrected chi connectivity index (χ3v) is 5.64. The van der Waals surface area contributed by atoms with Crippen LogP contribution < -0.4 is 16.8 Å². The van der Waals surface area contributed by atoms with Gasteiger partial charge in [0.05, 0.1) is 0 Å². The van der Waals surface area contributed by atoms with E-state index in [9.17, 15) is 0 Å². The van der Waals surface area contributed by atoms with E-state index < -0.39 is 0 Å². The van der Waals surface area contributed by atoms with Gasteiger partial charge in [-0.15, -0.1) is 0 Å². The number of H-pyrrole nitrogens is 1. The Hall–Kier alpha value is -2.40. The first-order chi connectivity index (χ1) is 13.1. The van der Waals surface area contributed by atoms with E-state index in [2.05, 4.69) is 27.4 Å². The molecular weight excluding hydrogens is 358 g/mol. The first-order valence-corrected chi connectivity index (χ1v) is 10.0. The molecule has 0 aliphatic heterocycles.